The van der Waals surface area contributed by atoms with Gasteiger partial charge >= 0.3 is 0 Å². The standard InChI is InChI=1S/C13H11BrF2N2O2S/c1-7-4-9(6-11(17)13(7)16)21(19,20)18-12-3-2-8(14)5-10(12)15/h2-6,18H,17H2,1H3. The maximum atomic E-state index is 13.7. The molecular formula is C13H11BrF2N2O2S. The van der Waals surface area contributed by atoms with Crippen LogP contribution in [-0.4, -0.2) is 8.42 Å². The third kappa shape index (κ3) is 3.33. The van der Waals surface area contributed by atoms with Crippen LogP contribution < -0.4 is 10.5 Å². The number of nitrogen functional groups attached to an aromatic ring is 1. The number of halogens is 3. The molecule has 0 unspecified atom stereocenters. The van der Waals surface area contributed by atoms with Crippen molar-refractivity contribution in [3.8, 4) is 0 Å². The number of rotatable bonds is 3. The van der Waals surface area contributed by atoms with Gasteiger partial charge in [-0.25, -0.2) is 17.2 Å². The highest BCUT2D eigenvalue weighted by atomic mass is 79.9. The molecule has 112 valence electrons. The molecule has 0 bridgehead atoms. The Morgan fingerprint density at radius 2 is 1.86 bits per heavy atom. The molecule has 4 nitrogen and oxygen atoms in total. The summed E-state index contributed by atoms with van der Waals surface area (Å²) in [5.74, 6) is -1.41. The molecule has 3 N–H and O–H groups in total. The van der Waals surface area contributed by atoms with E-state index in [1.165, 1.54) is 19.1 Å². The first kappa shape index (κ1) is 15.7. The van der Waals surface area contributed by atoms with Crippen molar-refractivity contribution in [3.05, 3.63) is 52.0 Å². The molecule has 0 radical (unpaired) electrons. The van der Waals surface area contributed by atoms with Crippen molar-refractivity contribution in [2.24, 2.45) is 0 Å². The minimum Gasteiger partial charge on any atom is -0.396 e. The summed E-state index contributed by atoms with van der Waals surface area (Å²) in [7, 11) is -4.06. The number of hydrogen-bond acceptors (Lipinski definition) is 3. The largest absolute Gasteiger partial charge is 0.396 e. The number of aryl methyl sites for hydroxylation is 1. The van der Waals surface area contributed by atoms with E-state index in [1.54, 1.807) is 0 Å². The van der Waals surface area contributed by atoms with Crippen LogP contribution >= 0.6 is 15.9 Å². The summed E-state index contributed by atoms with van der Waals surface area (Å²) in [4.78, 5) is -0.235. The van der Waals surface area contributed by atoms with Crippen LogP contribution in [0.25, 0.3) is 0 Å². The first-order valence-electron chi connectivity index (χ1n) is 5.74. The first-order valence-corrected chi connectivity index (χ1v) is 8.02. The smallest absolute Gasteiger partial charge is 0.262 e. The molecule has 2 aromatic rings. The Hall–Kier alpha value is -1.67. The predicted octanol–water partition coefficient (Wildman–Crippen LogP) is 3.42. The van der Waals surface area contributed by atoms with Crippen LogP contribution in [0.1, 0.15) is 5.56 Å². The fourth-order valence-electron chi connectivity index (χ4n) is 1.69. The zero-order valence-electron chi connectivity index (χ0n) is 10.8. The van der Waals surface area contributed by atoms with Crippen LogP contribution in [0.5, 0.6) is 0 Å². The molecule has 0 aliphatic heterocycles. The monoisotopic (exact) mass is 376 g/mol. The molecule has 2 rings (SSSR count). The number of benzene rings is 2. The molecular weight excluding hydrogens is 366 g/mol. The fourth-order valence-corrected chi connectivity index (χ4v) is 3.21. The zero-order valence-corrected chi connectivity index (χ0v) is 13.2. The quantitative estimate of drug-likeness (QED) is 0.806. The summed E-state index contributed by atoms with van der Waals surface area (Å²) in [6, 6.07) is 6.01. The highest BCUT2D eigenvalue weighted by Gasteiger charge is 2.19. The van der Waals surface area contributed by atoms with E-state index in [9.17, 15) is 17.2 Å². The summed E-state index contributed by atoms with van der Waals surface area (Å²) in [6.07, 6.45) is 0. The maximum Gasteiger partial charge on any atom is 0.262 e. The van der Waals surface area contributed by atoms with Gasteiger partial charge in [-0.3, -0.25) is 4.72 Å². The third-order valence-electron chi connectivity index (χ3n) is 2.74. The van der Waals surface area contributed by atoms with Gasteiger partial charge in [-0.1, -0.05) is 15.9 Å². The number of nitrogens with one attached hydrogen (secondary N) is 1. The Balaban J connectivity index is 2.43. The fraction of sp³-hybridized carbons (Fsp3) is 0.0769. The van der Waals surface area contributed by atoms with Crippen molar-refractivity contribution < 1.29 is 17.2 Å². The van der Waals surface area contributed by atoms with Gasteiger partial charge in [-0.2, -0.15) is 0 Å². The van der Waals surface area contributed by atoms with Gasteiger partial charge in [0.15, 0.2) is 0 Å². The Morgan fingerprint density at radius 1 is 1.19 bits per heavy atom. The van der Waals surface area contributed by atoms with Crippen molar-refractivity contribution in [3.63, 3.8) is 0 Å². The third-order valence-corrected chi connectivity index (χ3v) is 4.58. The van der Waals surface area contributed by atoms with Crippen molar-refractivity contribution in [1.29, 1.82) is 0 Å². The Morgan fingerprint density at radius 3 is 2.43 bits per heavy atom. The van der Waals surface area contributed by atoms with Crippen molar-refractivity contribution in [2.45, 2.75) is 11.8 Å². The molecule has 0 aliphatic carbocycles. The number of sulfonamides is 1. The zero-order chi connectivity index (χ0) is 15.8. The van der Waals surface area contributed by atoms with Gasteiger partial charge in [0.1, 0.15) is 11.6 Å². The van der Waals surface area contributed by atoms with Gasteiger partial charge in [-0.15, -0.1) is 0 Å². The average Bonchev–Trinajstić information content (AvgIpc) is 2.38. The second kappa shape index (κ2) is 5.61. The molecule has 0 atom stereocenters. The van der Waals surface area contributed by atoms with Crippen LogP contribution in [0, 0.1) is 18.6 Å². The highest BCUT2D eigenvalue weighted by molar-refractivity contribution is 9.10. The predicted molar refractivity (Wildman–Crippen MR) is 80.5 cm³/mol. The maximum absolute atomic E-state index is 13.7. The number of hydrogen-bond donors (Lipinski definition) is 2. The lowest BCUT2D eigenvalue weighted by atomic mass is 10.2. The van der Waals surface area contributed by atoms with E-state index < -0.39 is 21.7 Å². The second-order valence-corrected chi connectivity index (χ2v) is 6.97. The number of nitrogens with two attached hydrogens (primary N) is 1. The minimum atomic E-state index is -4.06. The van der Waals surface area contributed by atoms with Crippen molar-refractivity contribution in [1.82, 2.24) is 0 Å². The molecule has 0 aromatic heterocycles. The van der Waals surface area contributed by atoms with E-state index in [2.05, 4.69) is 20.7 Å². The van der Waals surface area contributed by atoms with Gasteiger partial charge in [0, 0.05) is 4.47 Å². The normalized spacial score (nSPS) is 11.4. The van der Waals surface area contributed by atoms with Crippen LogP contribution in [0.15, 0.2) is 39.7 Å². The van der Waals surface area contributed by atoms with Crippen molar-refractivity contribution >= 4 is 37.3 Å². The highest BCUT2D eigenvalue weighted by Crippen LogP contribution is 2.25. The van der Waals surface area contributed by atoms with Gasteiger partial charge < -0.3 is 5.73 Å². The van der Waals surface area contributed by atoms with E-state index in [-0.39, 0.29) is 21.8 Å². The molecule has 0 amide bonds. The van der Waals surface area contributed by atoms with Gasteiger partial charge in [0.2, 0.25) is 0 Å². The van der Waals surface area contributed by atoms with Gasteiger partial charge in [-0.05, 0) is 42.8 Å². The minimum absolute atomic E-state index is 0.0895. The van der Waals surface area contributed by atoms with E-state index in [0.717, 1.165) is 18.2 Å². The summed E-state index contributed by atoms with van der Waals surface area (Å²) >= 11 is 3.07. The van der Waals surface area contributed by atoms with E-state index >= 15 is 0 Å². The van der Waals surface area contributed by atoms with Crippen LogP contribution in [-0.2, 0) is 10.0 Å². The van der Waals surface area contributed by atoms with Crippen LogP contribution in [0.4, 0.5) is 20.2 Å². The summed E-state index contributed by atoms with van der Waals surface area (Å²) in [5, 5.41) is 0. The molecule has 0 aliphatic rings. The Kier molecular flexibility index (Phi) is 4.20. The summed E-state index contributed by atoms with van der Waals surface area (Å²) < 4.78 is 54.1. The van der Waals surface area contributed by atoms with Gasteiger partial charge in [0.05, 0.1) is 16.3 Å². The average molecular weight is 377 g/mol. The molecule has 0 fully saturated rings. The first-order chi connectivity index (χ1) is 9.70. The molecule has 8 heteroatoms. The Labute approximate surface area is 129 Å². The van der Waals surface area contributed by atoms with E-state index in [4.69, 9.17) is 5.73 Å². The second-order valence-electron chi connectivity index (χ2n) is 4.37. The molecule has 0 spiro atoms. The molecule has 0 saturated heterocycles. The molecule has 0 saturated carbocycles. The lowest BCUT2D eigenvalue weighted by Crippen LogP contribution is -2.15. The Bertz CT molecular complexity index is 787. The topological polar surface area (TPSA) is 72.2 Å². The van der Waals surface area contributed by atoms with Crippen LogP contribution in [0.2, 0.25) is 0 Å². The SMILES string of the molecule is Cc1cc(S(=O)(=O)Nc2ccc(Br)cc2F)cc(N)c1F. The summed E-state index contributed by atoms with van der Waals surface area (Å²) in [6.45, 7) is 1.39. The molecule has 2 aromatic carbocycles. The summed E-state index contributed by atoms with van der Waals surface area (Å²) in [5.41, 5.74) is 5.01. The van der Waals surface area contributed by atoms with Crippen LogP contribution in [0.3, 0.4) is 0 Å². The molecule has 0 heterocycles. The van der Waals surface area contributed by atoms with Gasteiger partial charge in [0.25, 0.3) is 10.0 Å². The lowest BCUT2D eigenvalue weighted by molar-refractivity contribution is 0.596. The molecule has 21 heavy (non-hydrogen) atoms. The van der Waals surface area contributed by atoms with Crippen molar-refractivity contribution in [2.75, 3.05) is 10.5 Å². The van der Waals surface area contributed by atoms with E-state index in [0.29, 0.717) is 4.47 Å². The lowest BCUT2D eigenvalue weighted by Gasteiger charge is -2.11. The van der Waals surface area contributed by atoms with E-state index in [1.807, 2.05) is 0 Å². The number of anilines is 2.